The number of nitrogens with two attached hydrogens (primary N) is 1. The summed E-state index contributed by atoms with van der Waals surface area (Å²) < 4.78 is 10.7. The summed E-state index contributed by atoms with van der Waals surface area (Å²) in [6.07, 6.45) is 1.65. The second kappa shape index (κ2) is 3.47. The van der Waals surface area contributed by atoms with E-state index in [4.69, 9.17) is 14.9 Å². The van der Waals surface area contributed by atoms with Crippen LogP contribution in [0.15, 0.2) is 10.6 Å². The van der Waals surface area contributed by atoms with Crippen LogP contribution >= 0.6 is 0 Å². The summed E-state index contributed by atoms with van der Waals surface area (Å²) in [6, 6.07) is -0.179. The number of rotatable bonds is 3. The molecule has 0 fully saturated rings. The van der Waals surface area contributed by atoms with Crippen LogP contribution in [0, 0.1) is 0 Å². The van der Waals surface area contributed by atoms with E-state index in [0.29, 0.717) is 11.7 Å². The smallest absolute Gasteiger partial charge is 0.211 e. The topological polar surface area (TPSA) is 61.3 Å². The van der Waals surface area contributed by atoms with Crippen molar-refractivity contribution in [2.75, 3.05) is 7.11 Å². The van der Waals surface area contributed by atoms with E-state index in [9.17, 15) is 0 Å². The van der Waals surface area contributed by atoms with E-state index < -0.39 is 5.60 Å². The van der Waals surface area contributed by atoms with Crippen molar-refractivity contribution in [2.24, 2.45) is 5.73 Å². The van der Waals surface area contributed by atoms with Crippen LogP contribution in [0.1, 0.15) is 38.5 Å². The van der Waals surface area contributed by atoms with Gasteiger partial charge in [0.15, 0.2) is 5.76 Å². The van der Waals surface area contributed by atoms with Gasteiger partial charge in [-0.1, -0.05) is 0 Å². The number of hydrogen-bond acceptors (Lipinski definition) is 4. The van der Waals surface area contributed by atoms with Crippen LogP contribution in [-0.4, -0.2) is 12.1 Å². The molecule has 0 aromatic carbocycles. The second-order valence-corrected chi connectivity index (χ2v) is 3.57. The van der Waals surface area contributed by atoms with E-state index in [0.717, 1.165) is 0 Å². The van der Waals surface area contributed by atoms with Crippen molar-refractivity contribution in [3.8, 4) is 0 Å². The Kier molecular flexibility index (Phi) is 2.73. The molecule has 1 unspecified atom stereocenters. The quantitative estimate of drug-likeness (QED) is 0.774. The number of ether oxygens (including phenoxy) is 1. The summed E-state index contributed by atoms with van der Waals surface area (Å²) in [4.78, 5) is 4.06. The minimum absolute atomic E-state index is 0.179. The van der Waals surface area contributed by atoms with Crippen LogP contribution in [0.2, 0.25) is 0 Å². The molecule has 1 rings (SSSR count). The summed E-state index contributed by atoms with van der Waals surface area (Å²) in [5, 5.41) is 0. The average molecular weight is 184 g/mol. The second-order valence-electron chi connectivity index (χ2n) is 3.57. The molecule has 0 bridgehead atoms. The monoisotopic (exact) mass is 184 g/mol. The number of nitrogens with zero attached hydrogens (tertiary/aromatic N) is 1. The fourth-order valence-electron chi connectivity index (χ4n) is 0.877. The van der Waals surface area contributed by atoms with Crippen molar-refractivity contribution < 1.29 is 9.15 Å². The highest BCUT2D eigenvalue weighted by molar-refractivity contribution is 5.04. The molecule has 1 heterocycles. The van der Waals surface area contributed by atoms with E-state index >= 15 is 0 Å². The predicted molar refractivity (Wildman–Crippen MR) is 49.1 cm³/mol. The summed E-state index contributed by atoms with van der Waals surface area (Å²) >= 11 is 0. The van der Waals surface area contributed by atoms with Gasteiger partial charge in [0.25, 0.3) is 0 Å². The van der Waals surface area contributed by atoms with Gasteiger partial charge >= 0.3 is 0 Å². The Bertz CT molecular complexity index is 279. The molecule has 1 aromatic heterocycles. The van der Waals surface area contributed by atoms with Crippen LogP contribution in [0.25, 0.3) is 0 Å². The van der Waals surface area contributed by atoms with Crippen molar-refractivity contribution >= 4 is 0 Å². The van der Waals surface area contributed by atoms with E-state index in [-0.39, 0.29) is 6.04 Å². The SMILES string of the molecule is COC(C)(C)c1cnc(C(C)N)o1. The van der Waals surface area contributed by atoms with Crippen LogP contribution in [0.5, 0.6) is 0 Å². The molecule has 0 amide bonds. The predicted octanol–water partition coefficient (Wildman–Crippen LogP) is 1.58. The Morgan fingerprint density at radius 1 is 1.62 bits per heavy atom. The van der Waals surface area contributed by atoms with Crippen LogP contribution in [0.3, 0.4) is 0 Å². The fourth-order valence-corrected chi connectivity index (χ4v) is 0.877. The van der Waals surface area contributed by atoms with Gasteiger partial charge in [-0.05, 0) is 20.8 Å². The van der Waals surface area contributed by atoms with E-state index in [2.05, 4.69) is 4.98 Å². The molecule has 0 aliphatic rings. The highest BCUT2D eigenvalue weighted by atomic mass is 16.5. The zero-order valence-electron chi connectivity index (χ0n) is 8.50. The van der Waals surface area contributed by atoms with Gasteiger partial charge in [0.05, 0.1) is 12.2 Å². The Morgan fingerprint density at radius 3 is 2.62 bits per heavy atom. The van der Waals surface area contributed by atoms with Gasteiger partial charge in [0.2, 0.25) is 5.89 Å². The molecule has 4 nitrogen and oxygen atoms in total. The molecule has 0 saturated heterocycles. The molecular formula is C9H16N2O2. The highest BCUT2D eigenvalue weighted by Gasteiger charge is 2.25. The largest absolute Gasteiger partial charge is 0.441 e. The van der Waals surface area contributed by atoms with Gasteiger partial charge < -0.3 is 14.9 Å². The first kappa shape index (κ1) is 10.2. The minimum Gasteiger partial charge on any atom is -0.441 e. The lowest BCUT2D eigenvalue weighted by molar-refractivity contribution is -0.000108. The Hall–Kier alpha value is -0.870. The number of oxazole rings is 1. The summed E-state index contributed by atoms with van der Waals surface area (Å²) in [7, 11) is 1.63. The molecule has 0 saturated carbocycles. The molecule has 0 spiro atoms. The first-order valence-electron chi connectivity index (χ1n) is 4.24. The average Bonchev–Trinajstić information content (AvgIpc) is 2.52. The third-order valence-electron chi connectivity index (χ3n) is 2.02. The molecule has 13 heavy (non-hydrogen) atoms. The van der Waals surface area contributed by atoms with Crippen molar-refractivity contribution in [3.05, 3.63) is 17.8 Å². The molecule has 0 aliphatic carbocycles. The Labute approximate surface area is 78.1 Å². The van der Waals surface area contributed by atoms with Gasteiger partial charge in [-0.3, -0.25) is 0 Å². The third-order valence-corrected chi connectivity index (χ3v) is 2.02. The van der Waals surface area contributed by atoms with Crippen molar-refractivity contribution in [3.63, 3.8) is 0 Å². The zero-order chi connectivity index (χ0) is 10.1. The van der Waals surface area contributed by atoms with Gasteiger partial charge in [-0.2, -0.15) is 0 Å². The normalized spacial score (nSPS) is 14.5. The van der Waals surface area contributed by atoms with Gasteiger partial charge in [0, 0.05) is 7.11 Å². The van der Waals surface area contributed by atoms with Crippen LogP contribution < -0.4 is 5.73 Å². The minimum atomic E-state index is -0.444. The standard InChI is InChI=1S/C9H16N2O2/c1-6(10)8-11-5-7(13-8)9(2,3)12-4/h5-6H,10H2,1-4H3. The van der Waals surface area contributed by atoms with E-state index in [1.165, 1.54) is 0 Å². The number of aromatic nitrogens is 1. The van der Waals surface area contributed by atoms with Crippen LogP contribution in [-0.2, 0) is 10.3 Å². The lowest BCUT2D eigenvalue weighted by Gasteiger charge is -2.18. The molecular weight excluding hydrogens is 168 g/mol. The first-order chi connectivity index (χ1) is 5.97. The van der Waals surface area contributed by atoms with E-state index in [1.54, 1.807) is 13.3 Å². The third kappa shape index (κ3) is 2.08. The molecule has 1 aromatic rings. The molecule has 1 atom stereocenters. The molecule has 4 heteroatoms. The fraction of sp³-hybridized carbons (Fsp3) is 0.667. The van der Waals surface area contributed by atoms with Crippen molar-refractivity contribution in [1.29, 1.82) is 0 Å². The number of methoxy groups -OCH3 is 1. The Morgan fingerprint density at radius 2 is 2.23 bits per heavy atom. The zero-order valence-corrected chi connectivity index (χ0v) is 8.50. The van der Waals surface area contributed by atoms with Gasteiger partial charge in [-0.25, -0.2) is 4.98 Å². The van der Waals surface area contributed by atoms with E-state index in [1.807, 2.05) is 20.8 Å². The van der Waals surface area contributed by atoms with Gasteiger partial charge in [-0.15, -0.1) is 0 Å². The molecule has 2 N–H and O–H groups in total. The highest BCUT2D eigenvalue weighted by Crippen LogP contribution is 2.25. The first-order valence-corrected chi connectivity index (χ1v) is 4.24. The lowest BCUT2D eigenvalue weighted by Crippen LogP contribution is -2.18. The summed E-state index contributed by atoms with van der Waals surface area (Å²) in [5.41, 5.74) is 5.17. The van der Waals surface area contributed by atoms with Crippen molar-refractivity contribution in [1.82, 2.24) is 4.98 Å². The maximum Gasteiger partial charge on any atom is 0.211 e. The van der Waals surface area contributed by atoms with Crippen molar-refractivity contribution in [2.45, 2.75) is 32.4 Å². The van der Waals surface area contributed by atoms with Crippen LogP contribution in [0.4, 0.5) is 0 Å². The Balaban J connectivity index is 2.91. The summed E-state index contributed by atoms with van der Waals surface area (Å²) in [5.74, 6) is 1.24. The lowest BCUT2D eigenvalue weighted by atomic mass is 10.1. The molecule has 0 radical (unpaired) electrons. The van der Waals surface area contributed by atoms with Gasteiger partial charge in [0.1, 0.15) is 5.60 Å². The molecule has 74 valence electrons. The maximum atomic E-state index is 5.61. The maximum absolute atomic E-state index is 5.61. The number of hydrogen-bond donors (Lipinski definition) is 1. The summed E-state index contributed by atoms with van der Waals surface area (Å²) in [6.45, 7) is 5.66. The molecule has 0 aliphatic heterocycles.